The number of carboxylic acid groups (broad SMARTS) is 2. The molecule has 2 aliphatic rings. The largest absolute Gasteiger partial charge is 0.477 e. The zero-order valence-electron chi connectivity index (χ0n) is 16.1. The highest BCUT2D eigenvalue weighted by Gasteiger charge is 2.58. The zero-order valence-corrected chi connectivity index (χ0v) is 16.1. The number of hydrogen-bond donors (Lipinski definition) is 10. The van der Waals surface area contributed by atoms with E-state index in [-0.39, 0.29) is 0 Å². The highest BCUT2D eigenvalue weighted by molar-refractivity contribution is 5.76. The van der Waals surface area contributed by atoms with Crippen LogP contribution in [-0.4, -0.2) is 139 Å². The summed E-state index contributed by atoms with van der Waals surface area (Å²) in [6, 6.07) is -1.64. The van der Waals surface area contributed by atoms with Gasteiger partial charge in [-0.05, 0) is 0 Å². The van der Waals surface area contributed by atoms with Crippen molar-refractivity contribution in [2.24, 2.45) is 0 Å². The molecule has 180 valence electrons. The number of carboxylic acids is 1. The van der Waals surface area contributed by atoms with Gasteiger partial charge < -0.3 is 65.5 Å². The van der Waals surface area contributed by atoms with Gasteiger partial charge in [-0.3, -0.25) is 0 Å². The molecule has 0 bridgehead atoms. The van der Waals surface area contributed by atoms with E-state index in [9.17, 15) is 45.3 Å². The minimum Gasteiger partial charge on any atom is -0.477 e. The molecule has 0 saturated carbocycles. The summed E-state index contributed by atoms with van der Waals surface area (Å²) < 4.78 is 15.7. The van der Waals surface area contributed by atoms with E-state index >= 15 is 0 Å². The third-order valence-corrected chi connectivity index (χ3v) is 5.19. The molecular weight excluding hydrogens is 430 g/mol. The van der Waals surface area contributed by atoms with Crippen LogP contribution in [0, 0.1) is 0 Å². The van der Waals surface area contributed by atoms with E-state index in [1.165, 1.54) is 0 Å². The minimum absolute atomic E-state index is 0.441. The third-order valence-electron chi connectivity index (χ3n) is 5.19. The summed E-state index contributed by atoms with van der Waals surface area (Å²) in [7, 11) is 0. The van der Waals surface area contributed by atoms with Crippen LogP contribution < -0.4 is 5.32 Å². The lowest BCUT2D eigenvalue weighted by Crippen LogP contribution is -2.69. The molecule has 2 rings (SSSR count). The maximum Gasteiger partial charge on any atom is 0.405 e. The smallest absolute Gasteiger partial charge is 0.405 e. The number of aliphatic carboxylic acids is 1. The standard InChI is InChI=1S/C16H27NO14/c18-2-6(21)10(23)13-9(17-15(27)28)5(20)1-16(31-13,14(25)26)30-12-7(22)4-29-8(3-19)11(12)24/h5-13,17-24H,1-4H2,(H,25,26)(H,27,28)/t5?,6-,7?,8?,9?,10+,11?,12?,13?,16?/m1/s1. The van der Waals surface area contributed by atoms with Crippen molar-refractivity contribution in [3.63, 3.8) is 0 Å². The Labute approximate surface area is 175 Å². The Balaban J connectivity index is 2.39. The normalized spacial score (nSPS) is 40.7. The average Bonchev–Trinajstić information content (AvgIpc) is 2.71. The molecule has 8 unspecified atom stereocenters. The number of hydrogen-bond acceptors (Lipinski definition) is 12. The molecule has 2 saturated heterocycles. The summed E-state index contributed by atoms with van der Waals surface area (Å²) in [6.07, 6.45) is -16.5. The summed E-state index contributed by atoms with van der Waals surface area (Å²) in [6.45, 7) is -2.14. The first-order valence-electron chi connectivity index (χ1n) is 9.29. The number of aliphatic hydroxyl groups excluding tert-OH is 7. The second-order valence-electron chi connectivity index (χ2n) is 7.32. The lowest BCUT2D eigenvalue weighted by molar-refractivity contribution is -0.347. The molecule has 0 radical (unpaired) electrons. The van der Waals surface area contributed by atoms with Gasteiger partial charge in [0.1, 0.15) is 42.7 Å². The molecule has 0 aromatic heterocycles. The fourth-order valence-electron chi connectivity index (χ4n) is 3.54. The maximum absolute atomic E-state index is 12.1. The van der Waals surface area contributed by atoms with Gasteiger partial charge >= 0.3 is 12.1 Å². The van der Waals surface area contributed by atoms with Gasteiger partial charge in [0.05, 0.1) is 32.0 Å². The van der Waals surface area contributed by atoms with Crippen molar-refractivity contribution in [1.82, 2.24) is 5.32 Å². The van der Waals surface area contributed by atoms with Crippen molar-refractivity contribution in [3.05, 3.63) is 0 Å². The van der Waals surface area contributed by atoms with Gasteiger partial charge in [-0.2, -0.15) is 0 Å². The summed E-state index contributed by atoms with van der Waals surface area (Å²) in [4.78, 5) is 23.1. The summed E-state index contributed by atoms with van der Waals surface area (Å²) in [5.41, 5.74) is 0. The molecule has 2 aliphatic heterocycles. The van der Waals surface area contributed by atoms with Crippen LogP contribution >= 0.6 is 0 Å². The van der Waals surface area contributed by atoms with E-state index in [1.54, 1.807) is 0 Å². The zero-order chi connectivity index (χ0) is 23.5. The van der Waals surface area contributed by atoms with Gasteiger partial charge in [0.15, 0.2) is 0 Å². The monoisotopic (exact) mass is 457 g/mol. The van der Waals surface area contributed by atoms with Gasteiger partial charge in [-0.1, -0.05) is 0 Å². The molecule has 0 spiro atoms. The predicted octanol–water partition coefficient (Wildman–Crippen LogP) is -5.23. The van der Waals surface area contributed by atoms with Gasteiger partial charge in [-0.25, -0.2) is 9.59 Å². The molecule has 0 aromatic rings. The Morgan fingerprint density at radius 1 is 1.13 bits per heavy atom. The highest BCUT2D eigenvalue weighted by atomic mass is 16.7. The molecule has 0 aliphatic carbocycles. The maximum atomic E-state index is 12.1. The van der Waals surface area contributed by atoms with Crippen molar-refractivity contribution >= 4 is 12.1 Å². The molecule has 1 amide bonds. The number of rotatable bonds is 8. The van der Waals surface area contributed by atoms with Crippen LogP contribution in [0.25, 0.3) is 0 Å². The van der Waals surface area contributed by atoms with E-state index in [4.69, 9.17) is 24.4 Å². The second kappa shape index (κ2) is 10.3. The van der Waals surface area contributed by atoms with E-state index in [2.05, 4.69) is 0 Å². The molecule has 10 N–H and O–H groups in total. The van der Waals surface area contributed by atoms with Crippen molar-refractivity contribution in [3.8, 4) is 0 Å². The van der Waals surface area contributed by atoms with Gasteiger partial charge in [0, 0.05) is 6.42 Å². The molecule has 0 aromatic carbocycles. The molecule has 2 heterocycles. The van der Waals surface area contributed by atoms with Gasteiger partial charge in [-0.15, -0.1) is 0 Å². The van der Waals surface area contributed by atoms with E-state index in [1.807, 2.05) is 5.32 Å². The number of nitrogens with one attached hydrogen (secondary N) is 1. The highest BCUT2D eigenvalue weighted by Crippen LogP contribution is 2.36. The van der Waals surface area contributed by atoms with Crippen LogP contribution in [-0.2, 0) is 19.0 Å². The molecule has 15 nitrogen and oxygen atoms in total. The predicted molar refractivity (Wildman–Crippen MR) is 93.6 cm³/mol. The quantitative estimate of drug-likeness (QED) is 0.163. The molecule has 10 atom stereocenters. The number of amides is 1. The Morgan fingerprint density at radius 3 is 2.29 bits per heavy atom. The Bertz CT molecular complexity index is 635. The third kappa shape index (κ3) is 5.40. The van der Waals surface area contributed by atoms with Gasteiger partial charge in [0.25, 0.3) is 5.79 Å². The van der Waals surface area contributed by atoms with E-state index in [0.29, 0.717) is 0 Å². The molecule has 31 heavy (non-hydrogen) atoms. The Kier molecular flexibility index (Phi) is 8.51. The number of carbonyl (C=O) groups is 2. The summed E-state index contributed by atoms with van der Waals surface area (Å²) in [5, 5.41) is 89.7. The van der Waals surface area contributed by atoms with Gasteiger partial charge in [0.2, 0.25) is 0 Å². The van der Waals surface area contributed by atoms with Crippen molar-refractivity contribution in [2.75, 3.05) is 19.8 Å². The molecule has 15 heteroatoms. The lowest BCUT2D eigenvalue weighted by Gasteiger charge is -2.48. The summed E-state index contributed by atoms with van der Waals surface area (Å²) >= 11 is 0. The number of ether oxygens (including phenoxy) is 3. The second-order valence-corrected chi connectivity index (χ2v) is 7.32. The first-order chi connectivity index (χ1) is 14.5. The average molecular weight is 457 g/mol. The SMILES string of the molecule is O=C(O)NC1C(O)CC(OC2C(O)COC(CO)C2O)(C(=O)O)OC1[C@@H](O)[C@H](O)CO. The first kappa shape index (κ1) is 25.6. The Morgan fingerprint density at radius 2 is 1.77 bits per heavy atom. The fourth-order valence-corrected chi connectivity index (χ4v) is 3.54. The van der Waals surface area contributed by atoms with Crippen LogP contribution in [0.4, 0.5) is 4.79 Å². The molecule has 2 fully saturated rings. The van der Waals surface area contributed by atoms with Crippen molar-refractivity contribution < 1.29 is 69.8 Å². The van der Waals surface area contributed by atoms with Crippen molar-refractivity contribution in [1.29, 1.82) is 0 Å². The van der Waals surface area contributed by atoms with Crippen LogP contribution in [0.3, 0.4) is 0 Å². The first-order valence-corrected chi connectivity index (χ1v) is 9.29. The molecular formula is C16H27NO14. The van der Waals surface area contributed by atoms with E-state index < -0.39 is 99.0 Å². The van der Waals surface area contributed by atoms with Crippen LogP contribution in [0.2, 0.25) is 0 Å². The van der Waals surface area contributed by atoms with Crippen LogP contribution in [0.15, 0.2) is 0 Å². The summed E-state index contributed by atoms with van der Waals surface area (Å²) in [5.74, 6) is -4.68. The van der Waals surface area contributed by atoms with Crippen molar-refractivity contribution in [2.45, 2.75) is 67.1 Å². The van der Waals surface area contributed by atoms with E-state index in [0.717, 1.165) is 0 Å². The topological polar surface area (TPSA) is 256 Å². The number of aliphatic hydroxyl groups is 7. The van der Waals surface area contributed by atoms with Crippen LogP contribution in [0.5, 0.6) is 0 Å². The lowest BCUT2D eigenvalue weighted by atomic mass is 9.88. The Hall–Kier alpha value is -1.66. The minimum atomic E-state index is -2.82. The fraction of sp³-hybridized carbons (Fsp3) is 0.875. The van der Waals surface area contributed by atoms with Crippen LogP contribution in [0.1, 0.15) is 6.42 Å².